The lowest BCUT2D eigenvalue weighted by Gasteiger charge is -2.32. The molecule has 1 saturated heterocycles. The maximum Gasteiger partial charge on any atom is 0.224 e. The predicted octanol–water partition coefficient (Wildman–Crippen LogP) is 4.98. The second kappa shape index (κ2) is 9.73. The van der Waals surface area contributed by atoms with Crippen molar-refractivity contribution in [2.24, 2.45) is 5.92 Å². The Hall–Kier alpha value is -2.22. The molecule has 1 atom stereocenters. The van der Waals surface area contributed by atoms with Gasteiger partial charge in [-0.15, -0.1) is 0 Å². The molecule has 1 aliphatic rings. The summed E-state index contributed by atoms with van der Waals surface area (Å²) in [5.41, 5.74) is 3.82. The fourth-order valence-electron chi connectivity index (χ4n) is 4.04. The molecule has 0 saturated carbocycles. The second-order valence-corrected chi connectivity index (χ2v) is 8.73. The maximum atomic E-state index is 12.5. The molecule has 1 aromatic heterocycles. The zero-order valence-corrected chi connectivity index (χ0v) is 18.5. The number of ether oxygens (including phenoxy) is 1. The fourth-order valence-corrected chi connectivity index (χ4v) is 4.73. The van der Waals surface area contributed by atoms with Crippen molar-refractivity contribution < 1.29 is 9.53 Å². The highest BCUT2D eigenvalue weighted by molar-refractivity contribution is 7.00. The van der Waals surface area contributed by atoms with Gasteiger partial charge in [-0.3, -0.25) is 9.69 Å². The highest BCUT2D eigenvalue weighted by Gasteiger charge is 2.21. The summed E-state index contributed by atoms with van der Waals surface area (Å²) in [6.45, 7) is 3.02. The summed E-state index contributed by atoms with van der Waals surface area (Å²) in [6, 6.07) is 11.5. The van der Waals surface area contributed by atoms with Gasteiger partial charge in [0, 0.05) is 24.5 Å². The average Bonchev–Trinajstić information content (AvgIpc) is 3.21. The third kappa shape index (κ3) is 5.28. The number of amides is 1. The van der Waals surface area contributed by atoms with E-state index in [9.17, 15) is 4.79 Å². The Morgan fingerprint density at radius 3 is 3.00 bits per heavy atom. The molecule has 0 unspecified atom stereocenters. The molecular weight excluding hydrogens is 420 g/mol. The number of nitrogens with zero attached hydrogens (tertiary/aromatic N) is 3. The predicted molar refractivity (Wildman–Crippen MR) is 121 cm³/mol. The van der Waals surface area contributed by atoms with Crippen LogP contribution >= 0.6 is 23.3 Å². The molecule has 30 heavy (non-hydrogen) atoms. The van der Waals surface area contributed by atoms with Gasteiger partial charge in [-0.1, -0.05) is 17.7 Å². The van der Waals surface area contributed by atoms with Crippen LogP contribution in [0.3, 0.4) is 0 Å². The van der Waals surface area contributed by atoms with Gasteiger partial charge in [0.2, 0.25) is 5.91 Å². The lowest BCUT2D eigenvalue weighted by molar-refractivity contribution is -0.116. The molecular formula is C22H25ClN4O2S. The van der Waals surface area contributed by atoms with Gasteiger partial charge in [-0.05, 0) is 67.6 Å². The Morgan fingerprint density at radius 1 is 1.27 bits per heavy atom. The van der Waals surface area contributed by atoms with Gasteiger partial charge in [0.1, 0.15) is 16.8 Å². The molecule has 6 nitrogen and oxygen atoms in total. The number of rotatable bonds is 7. The van der Waals surface area contributed by atoms with E-state index in [1.54, 1.807) is 25.3 Å². The molecule has 2 heterocycles. The highest BCUT2D eigenvalue weighted by Crippen LogP contribution is 2.28. The summed E-state index contributed by atoms with van der Waals surface area (Å²) in [5, 5.41) is 3.50. The van der Waals surface area contributed by atoms with Gasteiger partial charge in [0.05, 0.1) is 24.5 Å². The van der Waals surface area contributed by atoms with E-state index in [1.807, 2.05) is 6.07 Å². The van der Waals surface area contributed by atoms with Crippen molar-refractivity contribution >= 4 is 46.0 Å². The number of benzene rings is 2. The summed E-state index contributed by atoms with van der Waals surface area (Å²) >= 11 is 7.30. The van der Waals surface area contributed by atoms with Crippen molar-refractivity contribution in [1.82, 2.24) is 13.6 Å². The zero-order chi connectivity index (χ0) is 20.9. The number of hydrogen-bond acceptors (Lipinski definition) is 6. The van der Waals surface area contributed by atoms with Crippen LogP contribution in [-0.4, -0.2) is 39.8 Å². The third-order valence-electron chi connectivity index (χ3n) is 5.54. The van der Waals surface area contributed by atoms with Crippen LogP contribution in [0.5, 0.6) is 5.75 Å². The third-order valence-corrected chi connectivity index (χ3v) is 6.33. The maximum absolute atomic E-state index is 12.5. The standard InChI is InChI=1S/C22H25ClN4O2S/c1-29-21-8-6-17(23)12-20(21)24-22(28)9-5-15-3-2-10-27(13-15)14-16-4-7-18-19(11-16)26-30-25-18/h4,6-8,11-12,15H,2-3,5,9-10,13-14H2,1H3,(H,24,28)/t15-/m1/s1. The van der Waals surface area contributed by atoms with Crippen LogP contribution in [0.1, 0.15) is 31.2 Å². The first-order valence-corrected chi connectivity index (χ1v) is 11.3. The van der Waals surface area contributed by atoms with Gasteiger partial charge in [0.15, 0.2) is 0 Å². The van der Waals surface area contributed by atoms with Gasteiger partial charge < -0.3 is 10.1 Å². The molecule has 0 bridgehead atoms. The number of anilines is 1. The summed E-state index contributed by atoms with van der Waals surface area (Å²) in [6.07, 6.45) is 3.69. The first-order valence-electron chi connectivity index (χ1n) is 10.2. The molecule has 0 aliphatic carbocycles. The van der Waals surface area contributed by atoms with Crippen LogP contribution in [0, 0.1) is 5.92 Å². The van der Waals surface area contributed by atoms with Gasteiger partial charge >= 0.3 is 0 Å². The van der Waals surface area contributed by atoms with Crippen LogP contribution in [0.4, 0.5) is 5.69 Å². The number of hydrogen-bond donors (Lipinski definition) is 1. The largest absolute Gasteiger partial charge is 0.495 e. The van der Waals surface area contributed by atoms with Crippen LogP contribution in [0.25, 0.3) is 11.0 Å². The molecule has 0 radical (unpaired) electrons. The van der Waals surface area contributed by atoms with Gasteiger partial charge in [-0.2, -0.15) is 8.75 Å². The fraction of sp³-hybridized carbons (Fsp3) is 0.409. The van der Waals surface area contributed by atoms with E-state index in [-0.39, 0.29) is 5.91 Å². The average molecular weight is 445 g/mol. The van der Waals surface area contributed by atoms with Crippen molar-refractivity contribution in [2.45, 2.75) is 32.2 Å². The Bertz CT molecular complexity index is 1030. The number of carbonyl (C=O) groups is 1. The second-order valence-electron chi connectivity index (χ2n) is 7.76. The number of carbonyl (C=O) groups excluding carboxylic acids is 1. The molecule has 1 amide bonds. The van der Waals surface area contributed by atoms with E-state index in [2.05, 4.69) is 31.1 Å². The summed E-state index contributed by atoms with van der Waals surface area (Å²) in [5.74, 6) is 1.13. The first-order chi connectivity index (χ1) is 14.6. The molecule has 158 valence electrons. The van der Waals surface area contributed by atoms with Crippen molar-refractivity contribution in [3.05, 3.63) is 47.0 Å². The van der Waals surface area contributed by atoms with Gasteiger partial charge in [0.25, 0.3) is 0 Å². The van der Waals surface area contributed by atoms with Crippen LogP contribution < -0.4 is 10.1 Å². The van der Waals surface area contributed by atoms with Crippen LogP contribution in [-0.2, 0) is 11.3 Å². The van der Waals surface area contributed by atoms with Crippen LogP contribution in [0.15, 0.2) is 36.4 Å². The number of fused-ring (bicyclic) bond motifs is 1. The van der Waals surface area contributed by atoms with Crippen molar-refractivity contribution in [2.75, 3.05) is 25.5 Å². The number of likely N-dealkylation sites (tertiary alicyclic amines) is 1. The minimum atomic E-state index is -0.00539. The van der Waals surface area contributed by atoms with E-state index in [1.165, 1.54) is 23.7 Å². The Morgan fingerprint density at radius 2 is 2.13 bits per heavy atom. The van der Waals surface area contributed by atoms with E-state index in [0.29, 0.717) is 28.8 Å². The molecule has 8 heteroatoms. The van der Waals surface area contributed by atoms with E-state index >= 15 is 0 Å². The van der Waals surface area contributed by atoms with Crippen molar-refractivity contribution in [3.8, 4) is 5.75 Å². The van der Waals surface area contributed by atoms with E-state index < -0.39 is 0 Å². The molecule has 1 N–H and O–H groups in total. The van der Waals surface area contributed by atoms with E-state index in [0.717, 1.165) is 43.5 Å². The summed E-state index contributed by atoms with van der Waals surface area (Å²) in [7, 11) is 1.58. The Kier molecular flexibility index (Phi) is 6.82. The van der Waals surface area contributed by atoms with Crippen LogP contribution in [0.2, 0.25) is 5.02 Å². The molecule has 4 rings (SSSR count). The Balaban J connectivity index is 1.28. The minimum Gasteiger partial charge on any atom is -0.495 e. The molecule has 1 fully saturated rings. The molecule has 1 aliphatic heterocycles. The number of halogens is 1. The monoisotopic (exact) mass is 444 g/mol. The minimum absolute atomic E-state index is 0.00539. The van der Waals surface area contributed by atoms with Crippen molar-refractivity contribution in [3.63, 3.8) is 0 Å². The van der Waals surface area contributed by atoms with Crippen molar-refractivity contribution in [1.29, 1.82) is 0 Å². The summed E-state index contributed by atoms with van der Waals surface area (Å²) < 4.78 is 13.9. The lowest BCUT2D eigenvalue weighted by Crippen LogP contribution is -2.35. The number of aromatic nitrogens is 2. The Labute approximate surface area is 185 Å². The molecule has 2 aromatic carbocycles. The molecule has 0 spiro atoms. The normalized spacial score (nSPS) is 17.2. The van der Waals surface area contributed by atoms with E-state index in [4.69, 9.17) is 16.3 Å². The first kappa shape index (κ1) is 21.0. The number of methoxy groups -OCH3 is 1. The lowest BCUT2D eigenvalue weighted by atomic mass is 9.93. The topological polar surface area (TPSA) is 67.3 Å². The smallest absolute Gasteiger partial charge is 0.224 e. The number of nitrogens with one attached hydrogen (secondary N) is 1. The number of piperidine rings is 1. The SMILES string of the molecule is COc1ccc(Cl)cc1NC(=O)CC[C@H]1CCCN(Cc2ccc3nsnc3c2)C1. The zero-order valence-electron chi connectivity index (χ0n) is 16.9. The highest BCUT2D eigenvalue weighted by atomic mass is 35.5. The molecule has 3 aromatic rings. The quantitative estimate of drug-likeness (QED) is 0.556. The summed E-state index contributed by atoms with van der Waals surface area (Å²) in [4.78, 5) is 15.0. The van der Waals surface area contributed by atoms with Gasteiger partial charge in [-0.25, -0.2) is 0 Å².